The number of esters is 1. The van der Waals surface area contributed by atoms with Crippen LogP contribution < -0.4 is 0 Å². The van der Waals surface area contributed by atoms with Gasteiger partial charge < -0.3 is 4.74 Å². The van der Waals surface area contributed by atoms with Gasteiger partial charge in [0.15, 0.2) is 0 Å². The fraction of sp³-hybridized carbons (Fsp3) is 0.222. The van der Waals surface area contributed by atoms with E-state index >= 15 is 0 Å². The van der Waals surface area contributed by atoms with Crippen LogP contribution in [0, 0.1) is 17.3 Å². The SMILES string of the molecule is CCOC(=O)c1cc(C#N)cnc1F. The van der Waals surface area contributed by atoms with Crippen molar-refractivity contribution < 1.29 is 13.9 Å². The number of halogens is 1. The zero-order chi connectivity index (χ0) is 10.6. The topological polar surface area (TPSA) is 63.0 Å². The highest BCUT2D eigenvalue weighted by molar-refractivity contribution is 5.89. The van der Waals surface area contributed by atoms with Gasteiger partial charge in [-0.1, -0.05) is 0 Å². The van der Waals surface area contributed by atoms with Crippen LogP contribution in [0.25, 0.3) is 0 Å². The van der Waals surface area contributed by atoms with Gasteiger partial charge in [0.05, 0.1) is 12.2 Å². The van der Waals surface area contributed by atoms with Crippen LogP contribution in [-0.4, -0.2) is 17.6 Å². The predicted molar refractivity (Wildman–Crippen MR) is 44.9 cm³/mol. The number of hydrogen-bond donors (Lipinski definition) is 0. The Kier molecular flexibility index (Phi) is 3.13. The zero-order valence-corrected chi connectivity index (χ0v) is 7.45. The average molecular weight is 194 g/mol. The summed E-state index contributed by atoms with van der Waals surface area (Å²) in [4.78, 5) is 14.4. The maximum absolute atomic E-state index is 13.0. The molecule has 0 N–H and O–H groups in total. The highest BCUT2D eigenvalue weighted by Crippen LogP contribution is 2.08. The van der Waals surface area contributed by atoms with E-state index in [4.69, 9.17) is 5.26 Å². The van der Waals surface area contributed by atoms with Crippen molar-refractivity contribution in [3.63, 3.8) is 0 Å². The fourth-order valence-electron chi connectivity index (χ4n) is 0.861. The van der Waals surface area contributed by atoms with Crippen molar-refractivity contribution in [3.8, 4) is 6.07 Å². The van der Waals surface area contributed by atoms with E-state index in [0.29, 0.717) is 0 Å². The summed E-state index contributed by atoms with van der Waals surface area (Å²) in [6, 6.07) is 2.87. The molecule has 0 aliphatic rings. The standard InChI is InChI=1S/C9H7FN2O2/c1-2-14-9(13)7-3-6(4-11)5-12-8(7)10/h3,5H,2H2,1H3. The van der Waals surface area contributed by atoms with Gasteiger partial charge in [-0.3, -0.25) is 0 Å². The van der Waals surface area contributed by atoms with Crippen LogP contribution >= 0.6 is 0 Å². The molecular formula is C9H7FN2O2. The summed E-state index contributed by atoms with van der Waals surface area (Å²) in [7, 11) is 0. The van der Waals surface area contributed by atoms with Crippen LogP contribution in [-0.2, 0) is 4.74 Å². The Morgan fingerprint density at radius 2 is 2.50 bits per heavy atom. The second-order valence-corrected chi connectivity index (χ2v) is 2.39. The molecule has 1 aromatic heterocycles. The molecule has 72 valence electrons. The van der Waals surface area contributed by atoms with Gasteiger partial charge in [-0.25, -0.2) is 9.78 Å². The van der Waals surface area contributed by atoms with Gasteiger partial charge in [-0.15, -0.1) is 0 Å². The minimum Gasteiger partial charge on any atom is -0.462 e. The number of pyridine rings is 1. The van der Waals surface area contributed by atoms with Gasteiger partial charge in [0.25, 0.3) is 0 Å². The first-order valence-electron chi connectivity index (χ1n) is 3.91. The Bertz CT molecular complexity index is 398. The van der Waals surface area contributed by atoms with Crippen molar-refractivity contribution in [2.75, 3.05) is 6.61 Å². The molecule has 5 heteroatoms. The lowest BCUT2D eigenvalue weighted by atomic mass is 10.2. The summed E-state index contributed by atoms with van der Waals surface area (Å²) in [5, 5.41) is 8.50. The van der Waals surface area contributed by atoms with E-state index < -0.39 is 11.9 Å². The molecule has 1 aromatic rings. The largest absolute Gasteiger partial charge is 0.462 e. The quantitative estimate of drug-likeness (QED) is 0.525. The number of nitriles is 1. The minimum atomic E-state index is -0.928. The van der Waals surface area contributed by atoms with Crippen LogP contribution in [0.4, 0.5) is 4.39 Å². The van der Waals surface area contributed by atoms with Crippen molar-refractivity contribution in [3.05, 3.63) is 29.3 Å². The third-order valence-electron chi connectivity index (χ3n) is 1.46. The summed E-state index contributed by atoms with van der Waals surface area (Å²) in [6.45, 7) is 1.76. The molecule has 0 saturated carbocycles. The van der Waals surface area contributed by atoms with E-state index in [2.05, 4.69) is 9.72 Å². The molecule has 0 spiro atoms. The van der Waals surface area contributed by atoms with E-state index in [1.54, 1.807) is 13.0 Å². The molecule has 1 heterocycles. The average Bonchev–Trinajstić information content (AvgIpc) is 2.19. The summed E-state index contributed by atoms with van der Waals surface area (Å²) in [6.07, 6.45) is 1.05. The van der Waals surface area contributed by atoms with E-state index in [1.807, 2.05) is 0 Å². The molecule has 0 bridgehead atoms. The fourth-order valence-corrected chi connectivity index (χ4v) is 0.861. The highest BCUT2D eigenvalue weighted by Gasteiger charge is 2.14. The molecule has 0 aliphatic heterocycles. The molecular weight excluding hydrogens is 187 g/mol. The van der Waals surface area contributed by atoms with Gasteiger partial charge in [0.2, 0.25) is 5.95 Å². The lowest BCUT2D eigenvalue weighted by molar-refractivity contribution is 0.0520. The van der Waals surface area contributed by atoms with Crippen LogP contribution in [0.2, 0.25) is 0 Å². The molecule has 0 atom stereocenters. The minimum absolute atomic E-state index is 0.120. The first kappa shape index (κ1) is 10.1. The number of carbonyl (C=O) groups excluding carboxylic acids is 1. The van der Waals surface area contributed by atoms with Crippen molar-refractivity contribution in [2.45, 2.75) is 6.92 Å². The smallest absolute Gasteiger partial charge is 0.342 e. The van der Waals surface area contributed by atoms with Crippen molar-refractivity contribution in [1.82, 2.24) is 4.98 Å². The summed E-state index contributed by atoms with van der Waals surface area (Å²) < 4.78 is 17.5. The lowest BCUT2D eigenvalue weighted by Gasteiger charge is -2.01. The molecule has 4 nitrogen and oxygen atoms in total. The van der Waals surface area contributed by atoms with Gasteiger partial charge in [0, 0.05) is 6.20 Å². The monoisotopic (exact) mass is 194 g/mol. The Morgan fingerprint density at radius 3 is 3.07 bits per heavy atom. The van der Waals surface area contributed by atoms with Crippen LogP contribution in [0.3, 0.4) is 0 Å². The normalized spacial score (nSPS) is 9.21. The van der Waals surface area contributed by atoms with E-state index in [-0.39, 0.29) is 17.7 Å². The lowest BCUT2D eigenvalue weighted by Crippen LogP contribution is -2.08. The molecule has 0 fully saturated rings. The number of ether oxygens (including phenoxy) is 1. The molecule has 0 saturated heterocycles. The van der Waals surface area contributed by atoms with E-state index in [1.165, 1.54) is 0 Å². The molecule has 0 amide bonds. The van der Waals surface area contributed by atoms with Gasteiger partial charge in [-0.05, 0) is 13.0 Å². The molecule has 0 unspecified atom stereocenters. The Hall–Kier alpha value is -1.96. The Labute approximate surface area is 79.9 Å². The van der Waals surface area contributed by atoms with Gasteiger partial charge in [0.1, 0.15) is 11.6 Å². The maximum atomic E-state index is 13.0. The molecule has 0 aromatic carbocycles. The van der Waals surface area contributed by atoms with Crippen molar-refractivity contribution in [2.24, 2.45) is 0 Å². The van der Waals surface area contributed by atoms with Gasteiger partial charge >= 0.3 is 5.97 Å². The third kappa shape index (κ3) is 2.04. The summed E-state index contributed by atoms with van der Waals surface area (Å²) in [5.74, 6) is -1.74. The first-order valence-corrected chi connectivity index (χ1v) is 3.91. The molecule has 0 aliphatic carbocycles. The van der Waals surface area contributed by atoms with Crippen LogP contribution in [0.1, 0.15) is 22.8 Å². The summed E-state index contributed by atoms with van der Waals surface area (Å²) in [5.41, 5.74) is -0.194. The number of hydrogen-bond acceptors (Lipinski definition) is 4. The number of nitrogens with zero attached hydrogens (tertiary/aromatic N) is 2. The zero-order valence-electron chi connectivity index (χ0n) is 7.45. The number of aromatic nitrogens is 1. The van der Waals surface area contributed by atoms with Crippen molar-refractivity contribution >= 4 is 5.97 Å². The van der Waals surface area contributed by atoms with Crippen LogP contribution in [0.5, 0.6) is 0 Å². The maximum Gasteiger partial charge on any atom is 0.342 e. The van der Waals surface area contributed by atoms with Crippen LogP contribution in [0.15, 0.2) is 12.3 Å². The molecule has 14 heavy (non-hydrogen) atoms. The number of carbonyl (C=O) groups is 1. The van der Waals surface area contributed by atoms with E-state index in [0.717, 1.165) is 12.3 Å². The first-order chi connectivity index (χ1) is 6.69. The number of rotatable bonds is 2. The Morgan fingerprint density at radius 1 is 1.79 bits per heavy atom. The third-order valence-corrected chi connectivity index (χ3v) is 1.46. The predicted octanol–water partition coefficient (Wildman–Crippen LogP) is 1.27. The summed E-state index contributed by atoms with van der Waals surface area (Å²) >= 11 is 0. The second kappa shape index (κ2) is 4.33. The Balaban J connectivity index is 3.07. The van der Waals surface area contributed by atoms with Gasteiger partial charge in [-0.2, -0.15) is 9.65 Å². The molecule has 0 radical (unpaired) electrons. The molecule has 1 rings (SSSR count). The highest BCUT2D eigenvalue weighted by atomic mass is 19.1. The van der Waals surface area contributed by atoms with Crippen molar-refractivity contribution in [1.29, 1.82) is 5.26 Å². The second-order valence-electron chi connectivity index (χ2n) is 2.39. The van der Waals surface area contributed by atoms with E-state index in [9.17, 15) is 9.18 Å².